The van der Waals surface area contributed by atoms with Gasteiger partial charge in [0.2, 0.25) is 5.82 Å². The predicted octanol–water partition coefficient (Wildman–Crippen LogP) is 1.87. The number of ether oxygens (including phenoxy) is 1. The Morgan fingerprint density at radius 3 is 2.83 bits per heavy atom. The van der Waals surface area contributed by atoms with Crippen molar-refractivity contribution in [1.29, 1.82) is 0 Å². The third-order valence-electron chi connectivity index (χ3n) is 2.39. The Hall–Kier alpha value is -1.89. The number of aromatic nitrogens is 1. The quantitative estimate of drug-likeness (QED) is 0.418. The van der Waals surface area contributed by atoms with Crippen LogP contribution in [-0.4, -0.2) is 37.2 Å². The smallest absolute Gasteiger partial charge is 0.311 e. The maximum atomic E-state index is 10.8. The summed E-state index contributed by atoms with van der Waals surface area (Å²) in [6.07, 6.45) is 1.78. The SMILES string of the molecule is CNc1ccc([N+](=O)[O-])c(NCCCCOC)n1. The van der Waals surface area contributed by atoms with E-state index in [4.69, 9.17) is 4.74 Å². The van der Waals surface area contributed by atoms with Gasteiger partial charge in [-0.3, -0.25) is 10.1 Å². The van der Waals surface area contributed by atoms with Crippen LogP contribution in [0.2, 0.25) is 0 Å². The zero-order valence-electron chi connectivity index (χ0n) is 10.6. The van der Waals surface area contributed by atoms with Crippen LogP contribution < -0.4 is 10.6 Å². The van der Waals surface area contributed by atoms with Crippen LogP contribution in [0.4, 0.5) is 17.3 Å². The van der Waals surface area contributed by atoms with Crippen LogP contribution in [0, 0.1) is 10.1 Å². The van der Waals surface area contributed by atoms with E-state index in [1.165, 1.54) is 6.07 Å². The maximum Gasteiger partial charge on any atom is 0.311 e. The van der Waals surface area contributed by atoms with Gasteiger partial charge in [0.1, 0.15) is 5.82 Å². The summed E-state index contributed by atoms with van der Waals surface area (Å²) in [6, 6.07) is 3.02. The van der Waals surface area contributed by atoms with Gasteiger partial charge in [-0.05, 0) is 18.9 Å². The molecule has 1 aromatic heterocycles. The molecular weight excluding hydrogens is 236 g/mol. The molecule has 0 aromatic carbocycles. The number of nitro groups is 1. The molecule has 0 atom stereocenters. The molecule has 0 unspecified atom stereocenters. The number of anilines is 2. The second kappa shape index (κ2) is 7.44. The highest BCUT2D eigenvalue weighted by atomic mass is 16.6. The molecule has 0 radical (unpaired) electrons. The van der Waals surface area contributed by atoms with Crippen molar-refractivity contribution >= 4 is 17.3 Å². The fraction of sp³-hybridized carbons (Fsp3) is 0.545. The van der Waals surface area contributed by atoms with E-state index >= 15 is 0 Å². The molecule has 0 amide bonds. The zero-order chi connectivity index (χ0) is 13.4. The first-order valence-corrected chi connectivity index (χ1v) is 5.75. The minimum atomic E-state index is -0.441. The van der Waals surface area contributed by atoms with Gasteiger partial charge < -0.3 is 15.4 Å². The fourth-order valence-corrected chi connectivity index (χ4v) is 1.45. The third-order valence-corrected chi connectivity index (χ3v) is 2.39. The second-order valence-corrected chi connectivity index (χ2v) is 3.70. The summed E-state index contributed by atoms with van der Waals surface area (Å²) in [5.41, 5.74) is -0.0132. The van der Waals surface area contributed by atoms with Crippen LogP contribution in [0.5, 0.6) is 0 Å². The van der Waals surface area contributed by atoms with Crippen LogP contribution in [0.25, 0.3) is 0 Å². The Labute approximate surface area is 106 Å². The number of pyridine rings is 1. The minimum Gasteiger partial charge on any atom is -0.385 e. The van der Waals surface area contributed by atoms with Crippen molar-refractivity contribution in [2.75, 3.05) is 37.9 Å². The summed E-state index contributed by atoms with van der Waals surface area (Å²) in [5.74, 6) is 0.893. The van der Waals surface area contributed by atoms with Crippen LogP contribution >= 0.6 is 0 Å². The van der Waals surface area contributed by atoms with Gasteiger partial charge in [-0.1, -0.05) is 0 Å². The predicted molar refractivity (Wildman–Crippen MR) is 70.0 cm³/mol. The molecule has 0 fully saturated rings. The van der Waals surface area contributed by atoms with E-state index < -0.39 is 4.92 Å². The Bertz CT molecular complexity index is 398. The summed E-state index contributed by atoms with van der Waals surface area (Å²) in [4.78, 5) is 14.5. The first-order valence-electron chi connectivity index (χ1n) is 5.75. The van der Waals surface area contributed by atoms with Crippen LogP contribution in [0.1, 0.15) is 12.8 Å². The van der Waals surface area contributed by atoms with Crippen LogP contribution in [0.3, 0.4) is 0 Å². The van der Waals surface area contributed by atoms with E-state index in [1.54, 1.807) is 20.2 Å². The molecule has 7 nitrogen and oxygen atoms in total. The number of nitrogens with one attached hydrogen (secondary N) is 2. The average Bonchev–Trinajstić information content (AvgIpc) is 2.38. The van der Waals surface area contributed by atoms with Gasteiger partial charge in [-0.25, -0.2) is 4.98 Å². The lowest BCUT2D eigenvalue weighted by atomic mass is 10.3. The molecule has 1 aromatic rings. The molecule has 0 saturated carbocycles. The van der Waals surface area contributed by atoms with Gasteiger partial charge >= 0.3 is 5.69 Å². The molecule has 0 aliphatic heterocycles. The molecule has 0 bridgehead atoms. The number of rotatable bonds is 8. The molecule has 2 N–H and O–H groups in total. The molecule has 0 aliphatic rings. The number of nitrogens with zero attached hydrogens (tertiary/aromatic N) is 2. The van der Waals surface area contributed by atoms with Crippen molar-refractivity contribution in [3.05, 3.63) is 22.2 Å². The normalized spacial score (nSPS) is 10.1. The Morgan fingerprint density at radius 2 is 2.22 bits per heavy atom. The van der Waals surface area contributed by atoms with Gasteiger partial charge in [0.25, 0.3) is 0 Å². The number of hydrogen-bond donors (Lipinski definition) is 2. The van der Waals surface area contributed by atoms with E-state index in [1.807, 2.05) is 0 Å². The van der Waals surface area contributed by atoms with E-state index in [-0.39, 0.29) is 5.69 Å². The lowest BCUT2D eigenvalue weighted by Gasteiger charge is -2.07. The summed E-state index contributed by atoms with van der Waals surface area (Å²) in [5, 5.41) is 16.7. The summed E-state index contributed by atoms with van der Waals surface area (Å²) in [6.45, 7) is 1.32. The molecule has 100 valence electrons. The number of hydrogen-bond acceptors (Lipinski definition) is 6. The van der Waals surface area contributed by atoms with E-state index in [0.717, 1.165) is 12.8 Å². The topological polar surface area (TPSA) is 89.3 Å². The monoisotopic (exact) mass is 254 g/mol. The lowest BCUT2D eigenvalue weighted by molar-refractivity contribution is -0.384. The highest BCUT2D eigenvalue weighted by Gasteiger charge is 2.15. The standard InChI is InChI=1S/C11H18N4O3/c1-12-10-6-5-9(15(16)17)11(14-10)13-7-3-4-8-18-2/h5-6H,3-4,7-8H2,1-2H3,(H2,12,13,14). The van der Waals surface area contributed by atoms with Gasteiger partial charge in [0.15, 0.2) is 0 Å². The van der Waals surface area contributed by atoms with Crippen molar-refractivity contribution in [1.82, 2.24) is 4.98 Å². The van der Waals surface area contributed by atoms with E-state index in [9.17, 15) is 10.1 Å². The van der Waals surface area contributed by atoms with Crippen molar-refractivity contribution < 1.29 is 9.66 Å². The van der Waals surface area contributed by atoms with Gasteiger partial charge in [-0.2, -0.15) is 0 Å². The summed E-state index contributed by atoms with van der Waals surface area (Å²) < 4.78 is 4.93. The van der Waals surface area contributed by atoms with Crippen molar-refractivity contribution in [2.45, 2.75) is 12.8 Å². The fourth-order valence-electron chi connectivity index (χ4n) is 1.45. The van der Waals surface area contributed by atoms with Crippen molar-refractivity contribution in [2.24, 2.45) is 0 Å². The lowest BCUT2D eigenvalue weighted by Crippen LogP contribution is -2.08. The van der Waals surface area contributed by atoms with Crippen molar-refractivity contribution in [3.63, 3.8) is 0 Å². The highest BCUT2D eigenvalue weighted by molar-refractivity contribution is 5.60. The first kappa shape index (κ1) is 14.2. The van der Waals surface area contributed by atoms with Gasteiger partial charge in [0.05, 0.1) is 4.92 Å². The molecule has 0 saturated heterocycles. The summed E-state index contributed by atoms with van der Waals surface area (Å²) >= 11 is 0. The van der Waals surface area contributed by atoms with Crippen molar-refractivity contribution in [3.8, 4) is 0 Å². The second-order valence-electron chi connectivity index (χ2n) is 3.70. The first-order chi connectivity index (χ1) is 8.69. The molecule has 7 heteroatoms. The average molecular weight is 254 g/mol. The molecule has 0 spiro atoms. The molecule has 1 rings (SSSR count). The molecule has 18 heavy (non-hydrogen) atoms. The highest BCUT2D eigenvalue weighted by Crippen LogP contribution is 2.23. The zero-order valence-corrected chi connectivity index (χ0v) is 10.6. The molecule has 1 heterocycles. The Kier molecular flexibility index (Phi) is 5.86. The van der Waals surface area contributed by atoms with Gasteiger partial charge in [-0.15, -0.1) is 0 Å². The van der Waals surface area contributed by atoms with Crippen LogP contribution in [0.15, 0.2) is 12.1 Å². The molecular formula is C11H18N4O3. The maximum absolute atomic E-state index is 10.8. The minimum absolute atomic E-state index is 0.0132. The third kappa shape index (κ3) is 4.17. The van der Waals surface area contributed by atoms with Crippen LogP contribution in [-0.2, 0) is 4.74 Å². The van der Waals surface area contributed by atoms with E-state index in [0.29, 0.717) is 24.8 Å². The largest absolute Gasteiger partial charge is 0.385 e. The number of unbranched alkanes of at least 4 members (excludes halogenated alkanes) is 1. The summed E-state index contributed by atoms with van der Waals surface area (Å²) in [7, 11) is 3.37. The van der Waals surface area contributed by atoms with Gasteiger partial charge in [0, 0.05) is 33.4 Å². The number of methoxy groups -OCH3 is 1. The van der Waals surface area contributed by atoms with E-state index in [2.05, 4.69) is 15.6 Å². The Morgan fingerprint density at radius 1 is 1.44 bits per heavy atom. The molecule has 0 aliphatic carbocycles. The Balaban J connectivity index is 2.63.